The van der Waals surface area contributed by atoms with Gasteiger partial charge >= 0.3 is 0 Å². The van der Waals surface area contributed by atoms with Crippen LogP contribution >= 0.6 is 17.0 Å². The van der Waals surface area contributed by atoms with Crippen molar-refractivity contribution in [1.82, 2.24) is 4.98 Å². The van der Waals surface area contributed by atoms with E-state index >= 15 is 0 Å². The Morgan fingerprint density at radius 2 is 2.00 bits per heavy atom. The summed E-state index contributed by atoms with van der Waals surface area (Å²) >= 11 is 0. The maximum atomic E-state index is 14.7. The maximum absolute atomic E-state index is 14.7. The average Bonchev–Trinajstić information content (AvgIpc) is 2.88. The zero-order valence-corrected chi connectivity index (χ0v) is 21.1. The van der Waals surface area contributed by atoms with Gasteiger partial charge in [0.15, 0.2) is 17.5 Å². The van der Waals surface area contributed by atoms with Gasteiger partial charge in [-0.2, -0.15) is 0 Å². The zero-order chi connectivity index (χ0) is 24.0. The summed E-state index contributed by atoms with van der Waals surface area (Å²) in [5.74, 6) is -2.69. The van der Waals surface area contributed by atoms with Crippen molar-refractivity contribution in [2.24, 2.45) is 11.8 Å². The summed E-state index contributed by atoms with van der Waals surface area (Å²) in [6.07, 6.45) is 4.01. The van der Waals surface area contributed by atoms with Gasteiger partial charge in [0.05, 0.1) is 31.8 Å². The van der Waals surface area contributed by atoms with Crippen molar-refractivity contribution in [1.29, 1.82) is 0 Å². The highest BCUT2D eigenvalue weighted by molar-refractivity contribution is 8.93. The first kappa shape index (κ1) is 25.7. The second-order valence-electron chi connectivity index (χ2n) is 9.57. The van der Waals surface area contributed by atoms with Crippen molar-refractivity contribution in [3.05, 3.63) is 83.8 Å². The molecule has 2 aromatic carbocycles. The number of hydrogen-bond acceptors (Lipinski definition) is 3. The van der Waals surface area contributed by atoms with E-state index in [1.165, 1.54) is 6.07 Å². The number of piperidine rings is 3. The first-order valence-corrected chi connectivity index (χ1v) is 11.6. The van der Waals surface area contributed by atoms with Gasteiger partial charge in [0.2, 0.25) is 0 Å². The summed E-state index contributed by atoms with van der Waals surface area (Å²) in [4.78, 5) is 4.39. The van der Waals surface area contributed by atoms with Crippen molar-refractivity contribution in [3.63, 3.8) is 0 Å². The van der Waals surface area contributed by atoms with E-state index in [1.807, 2.05) is 18.2 Å². The standard InChI is InChI=1S/C27H27F3N2O2.BrH/c1-3-16-14-32(15-18-4-6-22(28)26(30)25(18)29)11-9-17(16)12-24(32)27(33)20-8-10-31-23-7-5-19(34-2)13-21(20)23;/h3-8,10,13,16-17,24,27H,1,9,11-12,14-15H2,2H3;1H/t16?,17?,24?,27-,32?;/m1./s1. The molecule has 0 radical (unpaired) electrons. The quantitative estimate of drug-likeness (QED) is 0.240. The molecule has 186 valence electrons. The number of fused-ring (bicyclic) bond motifs is 4. The molecule has 4 nitrogen and oxygen atoms in total. The number of methoxy groups -OCH3 is 1. The van der Waals surface area contributed by atoms with Crippen molar-refractivity contribution in [2.45, 2.75) is 31.5 Å². The Balaban J connectivity index is 0.00000289. The Morgan fingerprint density at radius 3 is 2.74 bits per heavy atom. The van der Waals surface area contributed by atoms with Crippen LogP contribution in [0.1, 0.15) is 30.1 Å². The molecule has 3 aliphatic heterocycles. The molecule has 3 aliphatic rings. The van der Waals surface area contributed by atoms with Crippen LogP contribution in [0.5, 0.6) is 5.75 Å². The van der Waals surface area contributed by atoms with Crippen LogP contribution in [-0.4, -0.2) is 35.7 Å². The maximum Gasteiger partial charge on any atom is 0.194 e. The van der Waals surface area contributed by atoms with E-state index in [0.29, 0.717) is 46.7 Å². The van der Waals surface area contributed by atoms with E-state index in [2.05, 4.69) is 11.6 Å². The van der Waals surface area contributed by atoms with Crippen LogP contribution in [0.4, 0.5) is 13.2 Å². The molecule has 2 bridgehead atoms. The summed E-state index contributed by atoms with van der Waals surface area (Å²) in [5, 5.41) is 14.9. The summed E-state index contributed by atoms with van der Waals surface area (Å²) in [5.41, 5.74) is 1.43. The molecule has 3 aromatic rings. The minimum atomic E-state index is -1.47. The minimum absolute atomic E-state index is 0. The number of halogens is 4. The van der Waals surface area contributed by atoms with Crippen LogP contribution in [-0.2, 0) is 6.54 Å². The summed E-state index contributed by atoms with van der Waals surface area (Å²) in [6.45, 7) is 5.42. The smallest absolute Gasteiger partial charge is 0.194 e. The third-order valence-corrected chi connectivity index (χ3v) is 7.91. The third-order valence-electron chi connectivity index (χ3n) is 7.91. The van der Waals surface area contributed by atoms with Gasteiger partial charge < -0.3 is 14.3 Å². The zero-order valence-electron chi connectivity index (χ0n) is 19.4. The molecule has 6 rings (SSSR count). The fourth-order valence-electron chi connectivity index (χ4n) is 6.12. The van der Waals surface area contributed by atoms with Crippen molar-refractivity contribution >= 4 is 27.9 Å². The van der Waals surface area contributed by atoms with Gasteiger partial charge in [0, 0.05) is 35.9 Å². The molecule has 8 heteroatoms. The number of hydrogen-bond donors (Lipinski definition) is 0. The second kappa shape index (κ2) is 9.91. The fourth-order valence-corrected chi connectivity index (χ4v) is 6.12. The Kier molecular flexibility index (Phi) is 7.27. The van der Waals surface area contributed by atoms with Crippen LogP contribution in [0.15, 0.2) is 55.3 Å². The van der Waals surface area contributed by atoms with E-state index in [1.54, 1.807) is 25.4 Å². The minimum Gasteiger partial charge on any atom is -0.844 e. The van der Waals surface area contributed by atoms with Gasteiger partial charge in [0.1, 0.15) is 12.3 Å². The van der Waals surface area contributed by atoms with Gasteiger partial charge in [-0.25, -0.2) is 13.2 Å². The molecule has 5 atom stereocenters. The molecule has 3 saturated heterocycles. The highest BCUT2D eigenvalue weighted by Crippen LogP contribution is 2.47. The van der Waals surface area contributed by atoms with Crippen LogP contribution in [0, 0.1) is 29.3 Å². The lowest BCUT2D eigenvalue weighted by Crippen LogP contribution is -2.68. The summed E-state index contributed by atoms with van der Waals surface area (Å²) in [7, 11) is 1.57. The number of aromatic nitrogens is 1. The SMILES string of the molecule is Br.C=CC1C[N+]2(Cc3ccc(F)c(F)c3F)CCC1CC2[C@H]([O-])c1ccnc2ccc(OC)cc12. The summed E-state index contributed by atoms with van der Waals surface area (Å²) in [6, 6.07) is 9.12. The lowest BCUT2D eigenvalue weighted by atomic mass is 9.71. The molecule has 0 N–H and O–H groups in total. The summed E-state index contributed by atoms with van der Waals surface area (Å²) < 4.78 is 48.0. The lowest BCUT2D eigenvalue weighted by molar-refractivity contribution is -0.990. The van der Waals surface area contributed by atoms with E-state index < -0.39 is 23.6 Å². The molecule has 4 unspecified atom stereocenters. The Labute approximate surface area is 213 Å². The molecule has 35 heavy (non-hydrogen) atoms. The van der Waals surface area contributed by atoms with Crippen LogP contribution in [0.2, 0.25) is 0 Å². The highest BCUT2D eigenvalue weighted by Gasteiger charge is 2.52. The van der Waals surface area contributed by atoms with Crippen molar-refractivity contribution < 1.29 is 27.5 Å². The molecule has 4 heterocycles. The number of nitrogens with zero attached hydrogens (tertiary/aromatic N) is 2. The van der Waals surface area contributed by atoms with Crippen LogP contribution in [0.3, 0.4) is 0 Å². The monoisotopic (exact) mass is 548 g/mol. The van der Waals surface area contributed by atoms with Gasteiger partial charge in [-0.15, -0.1) is 23.6 Å². The molecule has 0 saturated carbocycles. The number of ether oxygens (including phenoxy) is 1. The third kappa shape index (κ3) is 4.36. The fraction of sp³-hybridized carbons (Fsp3) is 0.370. The predicted molar refractivity (Wildman–Crippen MR) is 132 cm³/mol. The molecule has 0 spiro atoms. The molecule has 0 amide bonds. The van der Waals surface area contributed by atoms with E-state index in [4.69, 9.17) is 4.74 Å². The Bertz CT molecular complexity index is 1260. The average molecular weight is 549 g/mol. The Hall–Kier alpha value is -2.42. The van der Waals surface area contributed by atoms with E-state index in [9.17, 15) is 18.3 Å². The van der Waals surface area contributed by atoms with Gasteiger partial charge in [-0.3, -0.25) is 4.98 Å². The molecular weight excluding hydrogens is 521 g/mol. The second-order valence-corrected chi connectivity index (χ2v) is 9.57. The number of benzene rings is 2. The molecular formula is C27H28BrF3N2O2. The first-order chi connectivity index (χ1) is 16.4. The highest BCUT2D eigenvalue weighted by atomic mass is 79.9. The molecule has 1 aromatic heterocycles. The van der Waals surface area contributed by atoms with E-state index in [-0.39, 0.29) is 41.0 Å². The lowest BCUT2D eigenvalue weighted by Gasteiger charge is -2.60. The van der Waals surface area contributed by atoms with Gasteiger partial charge in [-0.1, -0.05) is 6.08 Å². The van der Waals surface area contributed by atoms with Crippen molar-refractivity contribution in [2.75, 3.05) is 20.2 Å². The largest absolute Gasteiger partial charge is 0.844 e. The normalized spacial score (nSPS) is 26.3. The predicted octanol–water partition coefficient (Wildman–Crippen LogP) is 5.25. The topological polar surface area (TPSA) is 45.2 Å². The van der Waals surface area contributed by atoms with Crippen LogP contribution in [0.25, 0.3) is 10.9 Å². The first-order valence-electron chi connectivity index (χ1n) is 11.6. The molecule has 3 fully saturated rings. The number of pyridine rings is 1. The Morgan fingerprint density at radius 1 is 1.20 bits per heavy atom. The van der Waals surface area contributed by atoms with Crippen molar-refractivity contribution in [3.8, 4) is 5.75 Å². The molecule has 0 aliphatic carbocycles. The van der Waals surface area contributed by atoms with Gasteiger partial charge in [-0.05, 0) is 54.0 Å². The van der Waals surface area contributed by atoms with Gasteiger partial charge in [0.25, 0.3) is 0 Å². The van der Waals surface area contributed by atoms with E-state index in [0.717, 1.165) is 17.9 Å². The van der Waals surface area contributed by atoms with Crippen LogP contribution < -0.4 is 9.84 Å². The number of rotatable bonds is 6. The number of quaternary nitrogens is 1.